The van der Waals surface area contributed by atoms with Crippen LogP contribution in [-0.2, 0) is 0 Å². The van der Waals surface area contributed by atoms with Gasteiger partial charge in [0.25, 0.3) is 0 Å². The summed E-state index contributed by atoms with van der Waals surface area (Å²) in [6, 6.07) is 5.60. The molecule has 0 aliphatic carbocycles. The molecule has 1 heterocycles. The molecule has 0 saturated carbocycles. The number of halogens is 1. The molecule has 2 rings (SSSR count). The third-order valence-electron chi connectivity index (χ3n) is 4.29. The van der Waals surface area contributed by atoms with E-state index in [9.17, 15) is 4.39 Å². The molecule has 0 aromatic heterocycles. The lowest BCUT2D eigenvalue weighted by Gasteiger charge is -2.33. The highest BCUT2D eigenvalue weighted by Crippen LogP contribution is 2.23. The average molecular weight is 294 g/mol. The highest BCUT2D eigenvalue weighted by atomic mass is 19.1. The maximum Gasteiger partial charge on any atom is 0.131 e. The average Bonchev–Trinajstić information content (AvgIpc) is 2.49. The first kappa shape index (κ1) is 16.2. The maximum atomic E-state index is 14.1. The van der Waals surface area contributed by atoms with Gasteiger partial charge < -0.3 is 15.0 Å². The first-order chi connectivity index (χ1) is 10.1. The number of methoxy groups -OCH3 is 1. The van der Waals surface area contributed by atoms with Crippen LogP contribution in [0.2, 0.25) is 0 Å². The minimum atomic E-state index is -0.197. The summed E-state index contributed by atoms with van der Waals surface area (Å²) in [6.07, 6.45) is 3.50. The normalized spacial score (nSPS) is 18.7. The number of nitrogens with one attached hydrogen (secondary N) is 1. The van der Waals surface area contributed by atoms with Crippen molar-refractivity contribution in [2.24, 2.45) is 0 Å². The molecule has 1 aromatic carbocycles. The molecule has 0 radical (unpaired) electrons. The first-order valence-electron chi connectivity index (χ1n) is 7.96. The summed E-state index contributed by atoms with van der Waals surface area (Å²) in [5.74, 6) is 0.370. The van der Waals surface area contributed by atoms with Gasteiger partial charge in [-0.3, -0.25) is 0 Å². The second-order valence-electron chi connectivity index (χ2n) is 5.89. The van der Waals surface area contributed by atoms with Gasteiger partial charge in [0, 0.05) is 23.7 Å². The van der Waals surface area contributed by atoms with E-state index in [2.05, 4.69) is 17.1 Å². The quantitative estimate of drug-likeness (QED) is 0.870. The standard InChI is InChI=1S/C17H27FN2O/c1-4-9-20-10-7-14(8-11-20)19-13(2)16-6-5-15(21-3)12-17(16)18/h5-6,12-14,19H,4,7-11H2,1-3H3. The fourth-order valence-corrected chi connectivity index (χ4v) is 3.07. The zero-order valence-corrected chi connectivity index (χ0v) is 13.4. The molecule has 0 spiro atoms. The lowest BCUT2D eigenvalue weighted by Crippen LogP contribution is -2.43. The molecule has 1 saturated heterocycles. The summed E-state index contributed by atoms with van der Waals surface area (Å²) in [6.45, 7) is 7.73. The Balaban J connectivity index is 1.89. The van der Waals surface area contributed by atoms with Crippen LogP contribution in [-0.4, -0.2) is 37.7 Å². The zero-order valence-electron chi connectivity index (χ0n) is 13.4. The van der Waals surface area contributed by atoms with E-state index in [1.54, 1.807) is 7.11 Å². The zero-order chi connectivity index (χ0) is 15.2. The highest BCUT2D eigenvalue weighted by Gasteiger charge is 2.21. The fourth-order valence-electron chi connectivity index (χ4n) is 3.07. The van der Waals surface area contributed by atoms with Crippen LogP contribution in [0.25, 0.3) is 0 Å². The Hall–Kier alpha value is -1.13. The fraction of sp³-hybridized carbons (Fsp3) is 0.647. The number of piperidine rings is 1. The van der Waals surface area contributed by atoms with Crippen LogP contribution in [0.4, 0.5) is 4.39 Å². The van der Waals surface area contributed by atoms with Gasteiger partial charge in [-0.25, -0.2) is 4.39 Å². The molecule has 0 amide bonds. The Labute approximate surface area is 127 Å². The summed E-state index contributed by atoms with van der Waals surface area (Å²) in [7, 11) is 1.56. The molecule has 1 N–H and O–H groups in total. The van der Waals surface area contributed by atoms with Crippen LogP contribution in [0.3, 0.4) is 0 Å². The van der Waals surface area contributed by atoms with Gasteiger partial charge in [0.05, 0.1) is 7.11 Å². The largest absolute Gasteiger partial charge is 0.497 e. The molecular weight excluding hydrogens is 267 g/mol. The SMILES string of the molecule is CCCN1CCC(NC(C)c2ccc(OC)cc2F)CC1. The van der Waals surface area contributed by atoms with E-state index in [1.165, 1.54) is 19.0 Å². The number of ether oxygens (including phenoxy) is 1. The molecular formula is C17H27FN2O. The summed E-state index contributed by atoms with van der Waals surface area (Å²) in [5, 5.41) is 3.57. The molecule has 21 heavy (non-hydrogen) atoms. The molecule has 3 nitrogen and oxygen atoms in total. The van der Waals surface area contributed by atoms with Gasteiger partial charge >= 0.3 is 0 Å². The molecule has 1 aliphatic heterocycles. The van der Waals surface area contributed by atoms with Crippen LogP contribution in [0.1, 0.15) is 44.7 Å². The van der Waals surface area contributed by atoms with Crippen molar-refractivity contribution in [2.75, 3.05) is 26.7 Å². The predicted octanol–water partition coefficient (Wildman–Crippen LogP) is 3.36. The Kier molecular flexibility index (Phi) is 6.00. The van der Waals surface area contributed by atoms with Gasteiger partial charge in [0.15, 0.2) is 0 Å². The maximum absolute atomic E-state index is 14.1. The third-order valence-corrected chi connectivity index (χ3v) is 4.29. The number of benzene rings is 1. The number of rotatable bonds is 6. The van der Waals surface area contributed by atoms with Gasteiger partial charge in [0.1, 0.15) is 11.6 Å². The minimum Gasteiger partial charge on any atom is -0.497 e. The second kappa shape index (κ2) is 7.76. The Bertz CT molecular complexity index is 444. The van der Waals surface area contributed by atoms with E-state index >= 15 is 0 Å². The highest BCUT2D eigenvalue weighted by molar-refractivity contribution is 5.30. The number of nitrogens with zero attached hydrogens (tertiary/aromatic N) is 1. The Morgan fingerprint density at radius 1 is 1.38 bits per heavy atom. The van der Waals surface area contributed by atoms with Gasteiger partial charge in [-0.2, -0.15) is 0 Å². The van der Waals surface area contributed by atoms with Crippen LogP contribution >= 0.6 is 0 Å². The summed E-state index contributed by atoms with van der Waals surface area (Å²) in [4.78, 5) is 2.51. The van der Waals surface area contributed by atoms with E-state index in [-0.39, 0.29) is 11.9 Å². The van der Waals surface area contributed by atoms with Crippen molar-refractivity contribution >= 4 is 0 Å². The smallest absolute Gasteiger partial charge is 0.131 e. The van der Waals surface area contributed by atoms with Gasteiger partial charge in [0.2, 0.25) is 0 Å². The second-order valence-corrected chi connectivity index (χ2v) is 5.89. The van der Waals surface area contributed by atoms with Crippen LogP contribution in [0.15, 0.2) is 18.2 Å². The lowest BCUT2D eigenvalue weighted by atomic mass is 10.0. The summed E-state index contributed by atoms with van der Waals surface area (Å²) in [5.41, 5.74) is 0.715. The molecule has 118 valence electrons. The van der Waals surface area contributed by atoms with Crippen molar-refractivity contribution in [1.82, 2.24) is 10.2 Å². The third kappa shape index (κ3) is 4.42. The topological polar surface area (TPSA) is 24.5 Å². The van der Waals surface area contributed by atoms with E-state index in [1.807, 2.05) is 19.1 Å². The van der Waals surface area contributed by atoms with E-state index in [4.69, 9.17) is 4.74 Å². The molecule has 0 bridgehead atoms. The summed E-state index contributed by atoms with van der Waals surface area (Å²) >= 11 is 0. The summed E-state index contributed by atoms with van der Waals surface area (Å²) < 4.78 is 19.1. The van der Waals surface area contributed by atoms with Gasteiger partial charge in [-0.05, 0) is 51.9 Å². The molecule has 1 atom stereocenters. The molecule has 1 fully saturated rings. The van der Waals surface area contributed by atoms with Gasteiger partial charge in [-0.1, -0.05) is 13.0 Å². The van der Waals surface area contributed by atoms with Crippen molar-refractivity contribution < 1.29 is 9.13 Å². The molecule has 1 aromatic rings. The van der Waals surface area contributed by atoms with E-state index in [0.29, 0.717) is 17.4 Å². The molecule has 4 heteroatoms. The van der Waals surface area contributed by atoms with Crippen molar-refractivity contribution in [3.63, 3.8) is 0 Å². The molecule has 1 aliphatic rings. The number of likely N-dealkylation sites (tertiary alicyclic amines) is 1. The number of hydrogen-bond donors (Lipinski definition) is 1. The Morgan fingerprint density at radius 2 is 2.10 bits per heavy atom. The Morgan fingerprint density at radius 3 is 2.67 bits per heavy atom. The number of hydrogen-bond acceptors (Lipinski definition) is 3. The minimum absolute atomic E-state index is 0.0265. The van der Waals surface area contributed by atoms with Crippen LogP contribution in [0, 0.1) is 5.82 Å². The van der Waals surface area contributed by atoms with Gasteiger partial charge in [-0.15, -0.1) is 0 Å². The van der Waals surface area contributed by atoms with E-state index < -0.39 is 0 Å². The van der Waals surface area contributed by atoms with E-state index in [0.717, 1.165) is 25.9 Å². The first-order valence-corrected chi connectivity index (χ1v) is 7.96. The molecule has 1 unspecified atom stereocenters. The van der Waals surface area contributed by atoms with Crippen molar-refractivity contribution in [3.05, 3.63) is 29.6 Å². The van der Waals surface area contributed by atoms with Crippen molar-refractivity contribution in [3.8, 4) is 5.75 Å². The van der Waals surface area contributed by atoms with Crippen LogP contribution in [0.5, 0.6) is 5.75 Å². The monoisotopic (exact) mass is 294 g/mol. The lowest BCUT2D eigenvalue weighted by molar-refractivity contribution is 0.192. The van der Waals surface area contributed by atoms with Crippen LogP contribution < -0.4 is 10.1 Å². The predicted molar refractivity (Wildman–Crippen MR) is 84.3 cm³/mol. The van der Waals surface area contributed by atoms with Crippen molar-refractivity contribution in [2.45, 2.75) is 45.2 Å². The van der Waals surface area contributed by atoms with Crippen molar-refractivity contribution in [1.29, 1.82) is 0 Å².